The maximum absolute atomic E-state index is 5.52. The number of hydrogen-bond acceptors (Lipinski definition) is 5. The van der Waals surface area contributed by atoms with Gasteiger partial charge in [-0.05, 0) is 65.4 Å². The molecule has 0 radical (unpaired) electrons. The fraction of sp³-hybridized carbons (Fsp3) is 0.824. The maximum atomic E-state index is 5.52. The Morgan fingerprint density at radius 1 is 1.21 bits per heavy atom. The summed E-state index contributed by atoms with van der Waals surface area (Å²) in [7, 11) is 2.02. The lowest BCUT2D eigenvalue weighted by molar-refractivity contribution is 0.0138. The van der Waals surface area contributed by atoms with Crippen molar-refractivity contribution < 1.29 is 4.74 Å². The molecule has 1 aromatic heterocycles. The van der Waals surface area contributed by atoms with E-state index in [1.807, 2.05) is 23.7 Å². The Kier molecular flexibility index (Phi) is 5.25. The summed E-state index contributed by atoms with van der Waals surface area (Å²) < 4.78 is 10.9. The van der Waals surface area contributed by atoms with Crippen LogP contribution in [0.3, 0.4) is 0 Å². The van der Waals surface area contributed by atoms with Crippen LogP contribution in [0.25, 0.3) is 0 Å². The minimum atomic E-state index is 0.604. The van der Waals surface area contributed by atoms with Crippen LogP contribution in [-0.2, 0) is 11.8 Å². The standard InChI is InChI=1S/C17H27BrN4OS/c1-20-16(12-15(18)19-20)24-22-6-4-17(5-7-22)3-2-14(13-17)21-8-10-23-11-9-21/h12,14H,2-11,13H2,1H3. The number of ether oxygens (including phenoxy) is 1. The zero-order valence-electron chi connectivity index (χ0n) is 14.4. The molecule has 3 heterocycles. The number of rotatable bonds is 3. The van der Waals surface area contributed by atoms with Crippen molar-refractivity contribution in [2.24, 2.45) is 12.5 Å². The van der Waals surface area contributed by atoms with E-state index in [0.29, 0.717) is 5.41 Å². The molecule has 2 saturated heterocycles. The van der Waals surface area contributed by atoms with Gasteiger partial charge in [0.15, 0.2) is 0 Å². The summed E-state index contributed by atoms with van der Waals surface area (Å²) in [5.74, 6) is 0. The van der Waals surface area contributed by atoms with Gasteiger partial charge in [-0.2, -0.15) is 5.10 Å². The molecule has 3 aliphatic rings. The van der Waals surface area contributed by atoms with Gasteiger partial charge in [0, 0.05) is 45.3 Å². The van der Waals surface area contributed by atoms with Gasteiger partial charge in [0.25, 0.3) is 0 Å². The predicted octanol–water partition coefficient (Wildman–Crippen LogP) is 3.16. The Hall–Kier alpha value is -0.0800. The third kappa shape index (κ3) is 3.70. The number of morpholine rings is 1. The molecule has 0 aromatic carbocycles. The Balaban J connectivity index is 1.30. The van der Waals surface area contributed by atoms with Crippen molar-refractivity contribution in [3.05, 3.63) is 10.7 Å². The Morgan fingerprint density at radius 3 is 2.62 bits per heavy atom. The van der Waals surface area contributed by atoms with Gasteiger partial charge in [0.2, 0.25) is 0 Å². The van der Waals surface area contributed by atoms with E-state index in [-0.39, 0.29) is 0 Å². The van der Waals surface area contributed by atoms with Crippen molar-refractivity contribution in [1.82, 2.24) is 19.0 Å². The fourth-order valence-corrected chi connectivity index (χ4v) is 6.13. The summed E-state index contributed by atoms with van der Waals surface area (Å²) >= 11 is 5.32. The third-order valence-corrected chi connectivity index (χ3v) is 7.63. The monoisotopic (exact) mass is 414 g/mol. The van der Waals surface area contributed by atoms with Crippen molar-refractivity contribution in [3.8, 4) is 0 Å². The van der Waals surface area contributed by atoms with E-state index in [0.717, 1.165) is 36.9 Å². The second-order valence-corrected chi connectivity index (χ2v) is 9.42. The topological polar surface area (TPSA) is 33.5 Å². The van der Waals surface area contributed by atoms with Gasteiger partial charge in [-0.1, -0.05) is 0 Å². The minimum absolute atomic E-state index is 0.604. The van der Waals surface area contributed by atoms with Crippen LogP contribution in [0, 0.1) is 5.41 Å². The smallest absolute Gasteiger partial charge is 0.129 e. The Morgan fingerprint density at radius 2 is 1.96 bits per heavy atom. The SMILES string of the molecule is Cn1nc(Br)cc1SN1CCC2(CCC(N3CCOCC3)C2)CC1. The number of hydrogen-bond donors (Lipinski definition) is 0. The van der Waals surface area contributed by atoms with Gasteiger partial charge >= 0.3 is 0 Å². The molecule has 0 N–H and O–H groups in total. The summed E-state index contributed by atoms with van der Waals surface area (Å²) in [6, 6.07) is 2.92. The second kappa shape index (κ2) is 7.27. The maximum Gasteiger partial charge on any atom is 0.129 e. The molecule has 1 aromatic rings. The van der Waals surface area contributed by atoms with E-state index in [2.05, 4.69) is 36.3 Å². The van der Waals surface area contributed by atoms with E-state index < -0.39 is 0 Å². The lowest BCUT2D eigenvalue weighted by atomic mass is 9.77. The molecule has 3 fully saturated rings. The zero-order chi connectivity index (χ0) is 16.6. The largest absolute Gasteiger partial charge is 0.379 e. The molecule has 4 rings (SSSR count). The molecule has 1 saturated carbocycles. The van der Waals surface area contributed by atoms with Crippen LogP contribution in [0.2, 0.25) is 0 Å². The van der Waals surface area contributed by atoms with Gasteiger partial charge in [-0.15, -0.1) is 0 Å². The van der Waals surface area contributed by atoms with Crippen LogP contribution < -0.4 is 0 Å². The highest BCUT2D eigenvalue weighted by Crippen LogP contribution is 2.49. The molecule has 134 valence electrons. The average Bonchev–Trinajstić information content (AvgIpc) is 3.14. The highest BCUT2D eigenvalue weighted by Gasteiger charge is 2.43. The predicted molar refractivity (Wildman–Crippen MR) is 100 cm³/mol. The molecular formula is C17H27BrN4OS. The Labute approximate surface area is 157 Å². The summed E-state index contributed by atoms with van der Waals surface area (Å²) in [6.45, 7) is 6.52. The van der Waals surface area contributed by atoms with Crippen molar-refractivity contribution in [2.45, 2.75) is 43.2 Å². The van der Waals surface area contributed by atoms with E-state index in [9.17, 15) is 0 Å². The lowest BCUT2D eigenvalue weighted by Gasteiger charge is -2.40. The summed E-state index contributed by atoms with van der Waals surface area (Å²) in [4.78, 5) is 2.69. The van der Waals surface area contributed by atoms with E-state index >= 15 is 0 Å². The van der Waals surface area contributed by atoms with Gasteiger partial charge in [0.05, 0.1) is 13.2 Å². The fourth-order valence-electron chi connectivity index (χ4n) is 4.57. The molecule has 1 aliphatic carbocycles. The highest BCUT2D eigenvalue weighted by molar-refractivity contribution is 9.10. The van der Waals surface area contributed by atoms with Crippen molar-refractivity contribution in [2.75, 3.05) is 39.4 Å². The van der Waals surface area contributed by atoms with Crippen LogP contribution in [0.1, 0.15) is 32.1 Å². The minimum Gasteiger partial charge on any atom is -0.379 e. The van der Waals surface area contributed by atoms with Crippen molar-refractivity contribution in [1.29, 1.82) is 0 Å². The van der Waals surface area contributed by atoms with Crippen LogP contribution in [0.5, 0.6) is 0 Å². The molecule has 1 unspecified atom stereocenters. The van der Waals surface area contributed by atoms with Gasteiger partial charge in [-0.3, -0.25) is 9.58 Å². The molecule has 24 heavy (non-hydrogen) atoms. The quantitative estimate of drug-likeness (QED) is 0.709. The van der Waals surface area contributed by atoms with Gasteiger partial charge < -0.3 is 4.74 Å². The third-order valence-electron chi connectivity index (χ3n) is 6.05. The Bertz CT molecular complexity index is 567. The molecular weight excluding hydrogens is 388 g/mol. The van der Waals surface area contributed by atoms with Gasteiger partial charge in [-0.25, -0.2) is 4.31 Å². The van der Waals surface area contributed by atoms with Crippen LogP contribution in [0.15, 0.2) is 15.7 Å². The van der Waals surface area contributed by atoms with Crippen LogP contribution in [0.4, 0.5) is 0 Å². The molecule has 2 aliphatic heterocycles. The van der Waals surface area contributed by atoms with Crippen LogP contribution >= 0.6 is 27.9 Å². The number of nitrogens with zero attached hydrogens (tertiary/aromatic N) is 4. The number of piperidine rings is 1. The first kappa shape index (κ1) is 17.3. The first-order valence-corrected chi connectivity index (χ1v) is 10.6. The highest BCUT2D eigenvalue weighted by atomic mass is 79.9. The summed E-state index contributed by atoms with van der Waals surface area (Å²) in [6.07, 6.45) is 6.91. The van der Waals surface area contributed by atoms with E-state index in [1.54, 1.807) is 0 Å². The molecule has 1 atom stereocenters. The lowest BCUT2D eigenvalue weighted by Crippen LogP contribution is -2.43. The molecule has 0 bridgehead atoms. The summed E-state index contributed by atoms with van der Waals surface area (Å²) in [5.41, 5.74) is 0.604. The molecule has 1 spiro atoms. The average molecular weight is 415 g/mol. The van der Waals surface area contributed by atoms with E-state index in [1.165, 1.54) is 50.2 Å². The molecule has 5 nitrogen and oxygen atoms in total. The molecule has 0 amide bonds. The van der Waals surface area contributed by atoms with Crippen LogP contribution in [-0.4, -0.2) is 64.4 Å². The normalized spacial score (nSPS) is 28.7. The van der Waals surface area contributed by atoms with Gasteiger partial charge in [0.1, 0.15) is 9.63 Å². The number of halogens is 1. The second-order valence-electron chi connectivity index (χ2n) is 7.49. The number of aromatic nitrogens is 2. The summed E-state index contributed by atoms with van der Waals surface area (Å²) in [5, 5.41) is 5.60. The van der Waals surface area contributed by atoms with E-state index in [4.69, 9.17) is 4.74 Å². The first-order chi connectivity index (χ1) is 11.6. The number of aryl methyl sites for hydroxylation is 1. The molecule has 7 heteroatoms. The van der Waals surface area contributed by atoms with Crippen molar-refractivity contribution in [3.63, 3.8) is 0 Å². The van der Waals surface area contributed by atoms with Crippen molar-refractivity contribution >= 4 is 27.9 Å². The first-order valence-electron chi connectivity index (χ1n) is 9.08. The zero-order valence-corrected chi connectivity index (χ0v) is 16.8.